The second-order valence-corrected chi connectivity index (χ2v) is 4.99. The average Bonchev–Trinajstić information content (AvgIpc) is 2.44. The Morgan fingerprint density at radius 3 is 2.89 bits per heavy atom. The Morgan fingerprint density at radius 1 is 1.42 bits per heavy atom. The van der Waals surface area contributed by atoms with Gasteiger partial charge < -0.3 is 10.2 Å². The first-order chi connectivity index (χ1) is 9.16. The lowest BCUT2D eigenvalue weighted by Gasteiger charge is -2.28. The van der Waals surface area contributed by atoms with Gasteiger partial charge in [-0.15, -0.1) is 0 Å². The fourth-order valence-electron chi connectivity index (χ4n) is 2.29. The number of rotatable bonds is 1. The van der Waals surface area contributed by atoms with Gasteiger partial charge in [-0.25, -0.2) is 4.57 Å². The van der Waals surface area contributed by atoms with Gasteiger partial charge in [-0.2, -0.15) is 0 Å². The molecule has 2 aromatic rings. The molecular weight excluding hydrogens is 266 g/mol. The summed E-state index contributed by atoms with van der Waals surface area (Å²) in [6, 6.07) is 1.83. The van der Waals surface area contributed by atoms with E-state index >= 15 is 0 Å². The molecule has 1 aliphatic rings. The number of piperazine rings is 1. The highest BCUT2D eigenvalue weighted by atomic mass is 35.5. The lowest BCUT2D eigenvalue weighted by Crippen LogP contribution is -2.45. The van der Waals surface area contributed by atoms with E-state index < -0.39 is 0 Å². The molecule has 0 radical (unpaired) electrons. The summed E-state index contributed by atoms with van der Waals surface area (Å²) < 4.78 is 1.73. The number of aryl methyl sites for hydroxylation is 1. The molecule has 1 aliphatic heterocycles. The Kier molecular flexibility index (Phi) is 3.12. The molecule has 0 spiro atoms. The molecule has 0 bridgehead atoms. The van der Waals surface area contributed by atoms with Gasteiger partial charge in [0, 0.05) is 26.2 Å². The molecule has 1 fully saturated rings. The van der Waals surface area contributed by atoms with Gasteiger partial charge in [0.25, 0.3) is 17.5 Å². The lowest BCUT2D eigenvalue weighted by atomic mass is 10.2. The number of aromatic amines is 1. The third-order valence-corrected chi connectivity index (χ3v) is 3.82. The first kappa shape index (κ1) is 12.4. The van der Waals surface area contributed by atoms with Crippen LogP contribution in [0.3, 0.4) is 0 Å². The third-order valence-electron chi connectivity index (χ3n) is 3.35. The fourth-order valence-corrected chi connectivity index (χ4v) is 2.48. The zero-order valence-corrected chi connectivity index (χ0v) is 11.4. The average molecular weight is 281 g/mol. The second-order valence-electron chi connectivity index (χ2n) is 4.63. The fraction of sp³-hybridized carbons (Fsp3) is 0.417. The van der Waals surface area contributed by atoms with Crippen molar-refractivity contribution in [3.8, 4) is 0 Å². The van der Waals surface area contributed by atoms with Crippen LogP contribution in [0.15, 0.2) is 17.2 Å². The van der Waals surface area contributed by atoms with E-state index in [0.29, 0.717) is 16.5 Å². The van der Waals surface area contributed by atoms with Gasteiger partial charge in [0.2, 0.25) is 5.15 Å². The summed E-state index contributed by atoms with van der Waals surface area (Å²) in [5, 5.41) is 4.60. The smallest absolute Gasteiger partial charge is 0.289 e. The molecule has 0 saturated carbocycles. The first-order valence-corrected chi connectivity index (χ1v) is 6.57. The Labute approximate surface area is 115 Å². The molecule has 0 unspecified atom stereocenters. The number of hydrogen-bond donors (Lipinski definition) is 2. The number of H-pyrrole nitrogens is 1. The molecule has 6 nitrogen and oxygen atoms in total. The van der Waals surface area contributed by atoms with Gasteiger partial charge in [0.15, 0.2) is 0 Å². The highest BCUT2D eigenvalue weighted by Gasteiger charge is 2.18. The van der Waals surface area contributed by atoms with Gasteiger partial charge in [0.05, 0.1) is 7.05 Å². The molecule has 0 atom stereocenters. The van der Waals surface area contributed by atoms with Crippen LogP contribution >= 0.6 is 11.6 Å². The molecular formula is C12H15ClN5O+. The van der Waals surface area contributed by atoms with E-state index in [2.05, 4.69) is 20.2 Å². The van der Waals surface area contributed by atoms with E-state index in [-0.39, 0.29) is 5.56 Å². The summed E-state index contributed by atoms with van der Waals surface area (Å²) in [5.41, 5.74) is 1.06. The van der Waals surface area contributed by atoms with Gasteiger partial charge in [-0.05, 0) is 22.7 Å². The summed E-state index contributed by atoms with van der Waals surface area (Å²) >= 11 is 6.26. The number of halogens is 1. The Morgan fingerprint density at radius 2 is 2.16 bits per heavy atom. The van der Waals surface area contributed by atoms with Crippen molar-refractivity contribution in [3.05, 3.63) is 27.9 Å². The monoisotopic (exact) mass is 280 g/mol. The van der Waals surface area contributed by atoms with Crippen molar-refractivity contribution in [3.63, 3.8) is 0 Å². The molecule has 3 heterocycles. The van der Waals surface area contributed by atoms with Crippen LogP contribution in [0, 0.1) is 0 Å². The number of nitrogens with one attached hydrogen (secondary N) is 2. The van der Waals surface area contributed by atoms with E-state index in [4.69, 9.17) is 11.6 Å². The third kappa shape index (κ3) is 2.17. The van der Waals surface area contributed by atoms with Crippen molar-refractivity contribution in [2.45, 2.75) is 0 Å². The molecule has 2 aromatic heterocycles. The molecule has 0 aromatic carbocycles. The number of fused-ring (bicyclic) bond motifs is 1. The van der Waals surface area contributed by atoms with Crippen LogP contribution in [0.1, 0.15) is 0 Å². The van der Waals surface area contributed by atoms with E-state index in [1.54, 1.807) is 10.9 Å². The van der Waals surface area contributed by atoms with Crippen LogP contribution in [0.25, 0.3) is 11.0 Å². The number of hydrogen-bond acceptors (Lipinski definition) is 4. The molecule has 100 valence electrons. The predicted octanol–water partition coefficient (Wildman–Crippen LogP) is -0.189. The SMILES string of the molecule is C[n+]1cnc2[nH]c(=O)c(N3CCNCC3)cc2c1Cl. The van der Waals surface area contributed by atoms with Crippen molar-refractivity contribution in [2.75, 3.05) is 31.1 Å². The minimum Gasteiger partial charge on any atom is -0.365 e. The summed E-state index contributed by atoms with van der Waals surface area (Å²) in [6.45, 7) is 3.40. The maximum absolute atomic E-state index is 12.1. The topological polar surface area (TPSA) is 64.9 Å². The molecule has 1 saturated heterocycles. The summed E-state index contributed by atoms with van der Waals surface area (Å²) in [4.78, 5) is 21.2. The highest BCUT2D eigenvalue weighted by molar-refractivity contribution is 6.32. The van der Waals surface area contributed by atoms with Crippen LogP contribution < -0.4 is 20.3 Å². The minimum atomic E-state index is -0.119. The van der Waals surface area contributed by atoms with Crippen LogP contribution in [0.2, 0.25) is 5.15 Å². The van der Waals surface area contributed by atoms with Crippen molar-refractivity contribution in [1.29, 1.82) is 0 Å². The van der Waals surface area contributed by atoms with Crippen LogP contribution in [-0.2, 0) is 7.05 Å². The molecule has 0 amide bonds. The van der Waals surface area contributed by atoms with Crippen LogP contribution in [-0.4, -0.2) is 36.1 Å². The number of pyridine rings is 1. The minimum absolute atomic E-state index is 0.119. The molecule has 2 N–H and O–H groups in total. The number of nitrogens with zero attached hydrogens (tertiary/aromatic N) is 3. The molecule has 7 heteroatoms. The molecule has 3 rings (SSSR count). The van der Waals surface area contributed by atoms with E-state index in [1.165, 1.54) is 0 Å². The lowest BCUT2D eigenvalue weighted by molar-refractivity contribution is -0.670. The van der Waals surface area contributed by atoms with E-state index in [9.17, 15) is 4.79 Å². The molecule has 19 heavy (non-hydrogen) atoms. The maximum Gasteiger partial charge on any atom is 0.289 e. The van der Waals surface area contributed by atoms with Gasteiger partial charge >= 0.3 is 0 Å². The zero-order chi connectivity index (χ0) is 13.4. The van der Waals surface area contributed by atoms with Crippen LogP contribution in [0.4, 0.5) is 5.69 Å². The summed E-state index contributed by atoms with van der Waals surface area (Å²) in [6.07, 6.45) is 1.59. The quantitative estimate of drug-likeness (QED) is 0.561. The van der Waals surface area contributed by atoms with Crippen molar-refractivity contribution in [1.82, 2.24) is 15.3 Å². The normalized spacial score (nSPS) is 16.0. The highest BCUT2D eigenvalue weighted by Crippen LogP contribution is 2.19. The van der Waals surface area contributed by atoms with Gasteiger partial charge in [-0.3, -0.25) is 9.78 Å². The maximum atomic E-state index is 12.1. The number of anilines is 1. The van der Waals surface area contributed by atoms with Gasteiger partial charge in [0.1, 0.15) is 11.1 Å². The standard InChI is InChI=1S/C12H14ClN5O/c1-17-7-15-11-8(10(17)13)6-9(12(19)16-11)18-4-2-14-3-5-18/h6-7,14H,2-5H2,1H3/p+1. The Balaban J connectivity index is 2.17. The summed E-state index contributed by atoms with van der Waals surface area (Å²) in [7, 11) is 1.82. The van der Waals surface area contributed by atoms with Crippen molar-refractivity contribution < 1.29 is 4.57 Å². The second kappa shape index (κ2) is 4.79. The van der Waals surface area contributed by atoms with Crippen LogP contribution in [0.5, 0.6) is 0 Å². The van der Waals surface area contributed by atoms with Gasteiger partial charge in [-0.1, -0.05) is 0 Å². The van der Waals surface area contributed by atoms with E-state index in [0.717, 1.165) is 31.6 Å². The predicted molar refractivity (Wildman–Crippen MR) is 73.6 cm³/mol. The summed E-state index contributed by atoms with van der Waals surface area (Å²) in [5.74, 6) is 0. The zero-order valence-electron chi connectivity index (χ0n) is 10.6. The Bertz CT molecular complexity index is 678. The Hall–Kier alpha value is -1.66. The first-order valence-electron chi connectivity index (χ1n) is 6.19. The van der Waals surface area contributed by atoms with Crippen molar-refractivity contribution in [2.24, 2.45) is 7.05 Å². The number of aromatic nitrogens is 3. The molecule has 0 aliphatic carbocycles. The van der Waals surface area contributed by atoms with E-state index in [1.807, 2.05) is 13.1 Å². The van der Waals surface area contributed by atoms with Crippen molar-refractivity contribution >= 4 is 28.3 Å². The largest absolute Gasteiger partial charge is 0.365 e.